The molecule has 3 rings (SSSR count). The van der Waals surface area contributed by atoms with Gasteiger partial charge in [-0.3, -0.25) is 9.59 Å². The Morgan fingerprint density at radius 3 is 2.65 bits per heavy atom. The molecule has 2 amide bonds. The van der Waals surface area contributed by atoms with Gasteiger partial charge in [0.1, 0.15) is 0 Å². The zero-order chi connectivity index (χ0) is 18.5. The average Bonchev–Trinajstić information content (AvgIpc) is 2.66. The van der Waals surface area contributed by atoms with Gasteiger partial charge < -0.3 is 15.5 Å². The summed E-state index contributed by atoms with van der Waals surface area (Å²) in [7, 11) is 2.07. The minimum atomic E-state index is -0.132. The van der Waals surface area contributed by atoms with E-state index in [1.165, 1.54) is 0 Å². The molecule has 136 valence electrons. The topological polar surface area (TPSA) is 61.4 Å². The lowest BCUT2D eigenvalue weighted by atomic mass is 10.0. The normalized spacial score (nSPS) is 12.9. The van der Waals surface area contributed by atoms with Gasteiger partial charge in [-0.05, 0) is 60.9 Å². The number of carbonyl (C=O) groups is 2. The van der Waals surface area contributed by atoms with Gasteiger partial charge in [-0.25, -0.2) is 0 Å². The van der Waals surface area contributed by atoms with Crippen molar-refractivity contribution in [1.29, 1.82) is 0 Å². The smallest absolute Gasteiger partial charge is 0.255 e. The maximum Gasteiger partial charge on any atom is 0.255 e. The Kier molecular flexibility index (Phi) is 5.56. The number of nitrogens with zero attached hydrogens (tertiary/aromatic N) is 1. The van der Waals surface area contributed by atoms with Crippen LogP contribution in [0.1, 0.15) is 42.1 Å². The molecule has 0 bridgehead atoms. The number of fused-ring (bicyclic) bond motifs is 1. The summed E-state index contributed by atoms with van der Waals surface area (Å²) in [6.07, 6.45) is 3.49. The summed E-state index contributed by atoms with van der Waals surface area (Å²) in [5.41, 5.74) is 4.37. The summed E-state index contributed by atoms with van der Waals surface area (Å²) in [5, 5.41) is 5.78. The molecule has 1 heterocycles. The van der Waals surface area contributed by atoms with Crippen LogP contribution in [-0.2, 0) is 11.2 Å². The molecule has 2 N–H and O–H groups in total. The van der Waals surface area contributed by atoms with E-state index in [1.54, 1.807) is 0 Å². The summed E-state index contributed by atoms with van der Waals surface area (Å²) < 4.78 is 0. The first-order valence-electron chi connectivity index (χ1n) is 9.12. The highest BCUT2D eigenvalue weighted by Gasteiger charge is 2.15. The van der Waals surface area contributed by atoms with Gasteiger partial charge in [0, 0.05) is 42.6 Å². The second-order valence-corrected chi connectivity index (χ2v) is 6.70. The molecule has 0 aromatic heterocycles. The molecule has 0 saturated carbocycles. The first kappa shape index (κ1) is 18.0. The van der Waals surface area contributed by atoms with Gasteiger partial charge in [0.15, 0.2) is 0 Å². The molecule has 0 atom stereocenters. The van der Waals surface area contributed by atoms with Crippen LogP contribution in [0.25, 0.3) is 0 Å². The molecule has 2 aromatic rings. The van der Waals surface area contributed by atoms with Crippen molar-refractivity contribution in [2.75, 3.05) is 29.1 Å². The van der Waals surface area contributed by atoms with Crippen molar-refractivity contribution in [1.82, 2.24) is 0 Å². The summed E-state index contributed by atoms with van der Waals surface area (Å²) in [6, 6.07) is 13.3. The molecular formula is C21H25N3O2. The van der Waals surface area contributed by atoms with E-state index in [0.29, 0.717) is 18.4 Å². The quantitative estimate of drug-likeness (QED) is 0.825. The molecule has 0 spiro atoms. The van der Waals surface area contributed by atoms with Crippen LogP contribution in [0.5, 0.6) is 0 Å². The molecule has 0 aliphatic carbocycles. The summed E-state index contributed by atoms with van der Waals surface area (Å²) in [4.78, 5) is 26.1. The van der Waals surface area contributed by atoms with Crippen LogP contribution in [0.4, 0.5) is 17.1 Å². The number of amides is 2. The first-order valence-corrected chi connectivity index (χ1v) is 9.12. The number of anilines is 3. The summed E-state index contributed by atoms with van der Waals surface area (Å²) >= 11 is 0. The molecule has 5 nitrogen and oxygen atoms in total. The third-order valence-corrected chi connectivity index (χ3v) is 4.68. The molecule has 26 heavy (non-hydrogen) atoms. The van der Waals surface area contributed by atoms with E-state index in [-0.39, 0.29) is 11.8 Å². The molecule has 0 radical (unpaired) electrons. The minimum Gasteiger partial charge on any atom is -0.375 e. The third-order valence-electron chi connectivity index (χ3n) is 4.68. The Balaban J connectivity index is 1.65. The Bertz CT molecular complexity index is 799. The maximum atomic E-state index is 12.5. The fraction of sp³-hybridized carbons (Fsp3) is 0.333. The van der Waals surface area contributed by atoms with Gasteiger partial charge in [0.2, 0.25) is 5.91 Å². The van der Waals surface area contributed by atoms with E-state index in [1.807, 2.05) is 42.5 Å². The monoisotopic (exact) mass is 351 g/mol. The summed E-state index contributed by atoms with van der Waals surface area (Å²) in [6.45, 7) is 3.18. The number of hydrogen-bond donors (Lipinski definition) is 2. The lowest BCUT2D eigenvalue weighted by Crippen LogP contribution is -2.20. The molecule has 0 unspecified atom stereocenters. The second-order valence-electron chi connectivity index (χ2n) is 6.70. The average molecular weight is 351 g/mol. The highest BCUT2D eigenvalue weighted by atomic mass is 16.2. The van der Waals surface area contributed by atoms with Crippen molar-refractivity contribution < 1.29 is 9.59 Å². The van der Waals surface area contributed by atoms with E-state index in [9.17, 15) is 9.59 Å². The maximum absolute atomic E-state index is 12.5. The standard InChI is InChI=1S/C21H25N3O2/c1-3-4-13-24(2)18-9-5-15(6-10-18)21(26)22-17-8-11-19-16(14-17)7-12-20(25)23-19/h5-6,8-11,14H,3-4,7,12-13H2,1-2H3,(H,22,26)(H,23,25). The number of carbonyl (C=O) groups excluding carboxylic acids is 2. The Morgan fingerprint density at radius 2 is 1.92 bits per heavy atom. The van der Waals surface area contributed by atoms with E-state index >= 15 is 0 Å². The fourth-order valence-electron chi connectivity index (χ4n) is 3.06. The minimum absolute atomic E-state index is 0.0401. The second kappa shape index (κ2) is 8.04. The van der Waals surface area contributed by atoms with Crippen LogP contribution in [-0.4, -0.2) is 25.4 Å². The third kappa shape index (κ3) is 4.23. The van der Waals surface area contributed by atoms with Crippen molar-refractivity contribution in [3.8, 4) is 0 Å². The molecule has 2 aromatic carbocycles. The van der Waals surface area contributed by atoms with Crippen molar-refractivity contribution in [2.24, 2.45) is 0 Å². The number of nitrogens with one attached hydrogen (secondary N) is 2. The number of hydrogen-bond acceptors (Lipinski definition) is 3. The predicted molar refractivity (Wildman–Crippen MR) is 106 cm³/mol. The van der Waals surface area contributed by atoms with Gasteiger partial charge >= 0.3 is 0 Å². The molecule has 5 heteroatoms. The molecular weight excluding hydrogens is 326 g/mol. The van der Waals surface area contributed by atoms with Crippen molar-refractivity contribution in [3.05, 3.63) is 53.6 Å². The van der Waals surface area contributed by atoms with Crippen LogP contribution in [0.3, 0.4) is 0 Å². The number of benzene rings is 2. The van der Waals surface area contributed by atoms with Gasteiger partial charge in [-0.15, -0.1) is 0 Å². The van der Waals surface area contributed by atoms with Gasteiger partial charge in [-0.2, -0.15) is 0 Å². The highest BCUT2D eigenvalue weighted by Crippen LogP contribution is 2.26. The molecule has 0 saturated heterocycles. The van der Waals surface area contributed by atoms with Crippen molar-refractivity contribution in [3.63, 3.8) is 0 Å². The largest absolute Gasteiger partial charge is 0.375 e. The lowest BCUT2D eigenvalue weighted by molar-refractivity contribution is -0.116. The Labute approximate surface area is 154 Å². The van der Waals surface area contributed by atoms with Gasteiger partial charge in [0.05, 0.1) is 0 Å². The lowest BCUT2D eigenvalue weighted by Gasteiger charge is -2.19. The summed E-state index contributed by atoms with van der Waals surface area (Å²) in [5.74, 6) is -0.0918. The van der Waals surface area contributed by atoms with E-state index < -0.39 is 0 Å². The van der Waals surface area contributed by atoms with E-state index in [4.69, 9.17) is 0 Å². The van der Waals surface area contributed by atoms with Crippen molar-refractivity contribution in [2.45, 2.75) is 32.6 Å². The van der Waals surface area contributed by atoms with Gasteiger partial charge in [-0.1, -0.05) is 13.3 Å². The van der Waals surface area contributed by atoms with Crippen LogP contribution in [0.15, 0.2) is 42.5 Å². The van der Waals surface area contributed by atoms with E-state index in [0.717, 1.165) is 42.0 Å². The van der Waals surface area contributed by atoms with Crippen LogP contribution < -0.4 is 15.5 Å². The first-order chi connectivity index (χ1) is 12.6. The zero-order valence-electron chi connectivity index (χ0n) is 15.3. The number of rotatable bonds is 6. The Morgan fingerprint density at radius 1 is 1.15 bits per heavy atom. The molecule has 0 fully saturated rings. The number of aryl methyl sites for hydroxylation is 1. The van der Waals surface area contributed by atoms with Crippen LogP contribution >= 0.6 is 0 Å². The fourth-order valence-corrected chi connectivity index (χ4v) is 3.06. The zero-order valence-corrected chi connectivity index (χ0v) is 15.3. The number of unbranched alkanes of at least 4 members (excludes halogenated alkanes) is 1. The molecule has 1 aliphatic heterocycles. The Hall–Kier alpha value is -2.82. The van der Waals surface area contributed by atoms with E-state index in [2.05, 4.69) is 29.5 Å². The van der Waals surface area contributed by atoms with Gasteiger partial charge in [0.25, 0.3) is 5.91 Å². The van der Waals surface area contributed by atoms with Crippen molar-refractivity contribution >= 4 is 28.9 Å². The predicted octanol–water partition coefficient (Wildman–Crippen LogP) is 4.06. The SMILES string of the molecule is CCCCN(C)c1ccc(C(=O)Nc2ccc3c(c2)CCC(=O)N3)cc1. The molecule has 1 aliphatic rings. The highest BCUT2D eigenvalue weighted by molar-refractivity contribution is 6.04. The van der Waals surface area contributed by atoms with Crippen LogP contribution in [0, 0.1) is 0 Å². The van der Waals surface area contributed by atoms with Crippen LogP contribution in [0.2, 0.25) is 0 Å².